The maximum absolute atomic E-state index is 6.58. The molecule has 49 heavy (non-hydrogen) atoms. The normalized spacial score (nSPS) is 11.7. The highest BCUT2D eigenvalue weighted by molar-refractivity contribution is 6.26. The Morgan fingerprint density at radius 1 is 0.286 bits per heavy atom. The van der Waals surface area contributed by atoms with Crippen LogP contribution in [0, 0.1) is 0 Å². The van der Waals surface area contributed by atoms with Crippen LogP contribution in [-0.2, 0) is 0 Å². The largest absolute Gasteiger partial charge is 0.456 e. The molecule has 0 N–H and O–H groups in total. The summed E-state index contributed by atoms with van der Waals surface area (Å²) in [5.41, 5.74) is 11.5. The first-order valence-corrected chi connectivity index (χ1v) is 16.8. The van der Waals surface area contributed by atoms with Gasteiger partial charge in [0.05, 0.1) is 0 Å². The van der Waals surface area contributed by atoms with E-state index in [1.165, 1.54) is 76.8 Å². The van der Waals surface area contributed by atoms with Gasteiger partial charge in [-0.2, -0.15) is 0 Å². The lowest BCUT2D eigenvalue weighted by atomic mass is 9.83. The molecule has 0 fully saturated rings. The van der Waals surface area contributed by atoms with Gasteiger partial charge in [0, 0.05) is 10.8 Å². The minimum Gasteiger partial charge on any atom is -0.456 e. The first-order chi connectivity index (χ1) is 24.3. The van der Waals surface area contributed by atoms with Crippen molar-refractivity contribution < 1.29 is 4.42 Å². The van der Waals surface area contributed by atoms with Gasteiger partial charge in [-0.05, 0) is 101 Å². The molecular weight excluding hydrogens is 593 g/mol. The Balaban J connectivity index is 1.31. The molecule has 0 bridgehead atoms. The van der Waals surface area contributed by atoms with Crippen LogP contribution in [0.5, 0.6) is 0 Å². The smallest absolute Gasteiger partial charge is 0.136 e. The molecule has 228 valence electrons. The summed E-state index contributed by atoms with van der Waals surface area (Å²) in [4.78, 5) is 0. The monoisotopic (exact) mass is 622 g/mol. The van der Waals surface area contributed by atoms with Crippen molar-refractivity contribution in [3.8, 4) is 44.5 Å². The van der Waals surface area contributed by atoms with Crippen LogP contribution in [-0.4, -0.2) is 0 Å². The molecule has 0 radical (unpaired) electrons. The zero-order valence-electron chi connectivity index (χ0n) is 26.7. The standard InChI is InChI=1S/C48H30O/c1-3-12-31(13-4-1)33-22-24-34(25-23-33)46-38-18-9-10-19-39(38)47(42-28-37(26-27-40(42)46)32-14-5-2-6-15-32)41-20-11-21-44-48(41)43-29-35-16-7-8-17-36(35)30-45(43)49-44/h1-30H. The van der Waals surface area contributed by atoms with E-state index in [9.17, 15) is 0 Å². The van der Waals surface area contributed by atoms with Gasteiger partial charge in [-0.3, -0.25) is 0 Å². The molecule has 1 aromatic heterocycles. The number of hydrogen-bond donors (Lipinski definition) is 0. The summed E-state index contributed by atoms with van der Waals surface area (Å²) in [5, 5.41) is 9.61. The van der Waals surface area contributed by atoms with Crippen molar-refractivity contribution in [2.24, 2.45) is 0 Å². The molecule has 0 saturated carbocycles. The summed E-state index contributed by atoms with van der Waals surface area (Å²) in [6, 6.07) is 65.8. The molecular formula is C48H30O. The van der Waals surface area contributed by atoms with Gasteiger partial charge in [-0.25, -0.2) is 0 Å². The molecule has 0 aliphatic rings. The molecule has 1 nitrogen and oxygen atoms in total. The Morgan fingerprint density at radius 3 is 1.57 bits per heavy atom. The van der Waals surface area contributed by atoms with Crippen LogP contribution in [0.2, 0.25) is 0 Å². The van der Waals surface area contributed by atoms with E-state index < -0.39 is 0 Å². The van der Waals surface area contributed by atoms with Crippen molar-refractivity contribution in [1.82, 2.24) is 0 Å². The van der Waals surface area contributed by atoms with Crippen LogP contribution in [0.4, 0.5) is 0 Å². The molecule has 0 aliphatic carbocycles. The van der Waals surface area contributed by atoms with Crippen LogP contribution < -0.4 is 0 Å². The summed E-state index contributed by atoms with van der Waals surface area (Å²) in [6.07, 6.45) is 0. The molecule has 0 spiro atoms. The van der Waals surface area contributed by atoms with Crippen LogP contribution >= 0.6 is 0 Å². The van der Waals surface area contributed by atoms with Crippen LogP contribution in [0.25, 0.3) is 98.8 Å². The van der Waals surface area contributed by atoms with E-state index >= 15 is 0 Å². The molecule has 1 heteroatoms. The zero-order chi connectivity index (χ0) is 32.3. The van der Waals surface area contributed by atoms with E-state index in [1.807, 2.05) is 0 Å². The number of hydrogen-bond acceptors (Lipinski definition) is 1. The van der Waals surface area contributed by atoms with E-state index in [-0.39, 0.29) is 0 Å². The minimum absolute atomic E-state index is 0.903. The van der Waals surface area contributed by atoms with Gasteiger partial charge in [-0.15, -0.1) is 0 Å². The summed E-state index contributed by atoms with van der Waals surface area (Å²) in [5.74, 6) is 0. The molecule has 10 aromatic rings. The van der Waals surface area contributed by atoms with Gasteiger partial charge in [-0.1, -0.05) is 158 Å². The predicted octanol–water partition coefficient (Wildman–Crippen LogP) is 13.7. The topological polar surface area (TPSA) is 13.1 Å². The van der Waals surface area contributed by atoms with Crippen molar-refractivity contribution in [3.05, 3.63) is 182 Å². The van der Waals surface area contributed by atoms with Crippen molar-refractivity contribution in [3.63, 3.8) is 0 Å². The van der Waals surface area contributed by atoms with E-state index in [0.717, 1.165) is 21.9 Å². The second-order valence-electron chi connectivity index (χ2n) is 12.8. The highest BCUT2D eigenvalue weighted by Gasteiger charge is 2.21. The van der Waals surface area contributed by atoms with Crippen LogP contribution in [0.1, 0.15) is 0 Å². The molecule has 0 saturated heterocycles. The van der Waals surface area contributed by atoms with Gasteiger partial charge in [0.1, 0.15) is 11.2 Å². The third-order valence-electron chi connectivity index (χ3n) is 10.0. The van der Waals surface area contributed by atoms with Gasteiger partial charge >= 0.3 is 0 Å². The zero-order valence-corrected chi connectivity index (χ0v) is 26.7. The molecule has 0 aliphatic heterocycles. The minimum atomic E-state index is 0.903. The maximum atomic E-state index is 6.58. The van der Waals surface area contributed by atoms with Gasteiger partial charge in [0.25, 0.3) is 0 Å². The lowest BCUT2D eigenvalue weighted by Crippen LogP contribution is -1.92. The fraction of sp³-hybridized carbons (Fsp3) is 0. The van der Waals surface area contributed by atoms with Gasteiger partial charge in [0.2, 0.25) is 0 Å². The molecule has 10 rings (SSSR count). The molecule has 1 heterocycles. The fourth-order valence-corrected chi connectivity index (χ4v) is 7.77. The van der Waals surface area contributed by atoms with Gasteiger partial charge < -0.3 is 4.42 Å². The van der Waals surface area contributed by atoms with Crippen molar-refractivity contribution in [2.75, 3.05) is 0 Å². The Labute approximate surface area is 284 Å². The Bertz CT molecular complexity index is 2840. The van der Waals surface area contributed by atoms with Crippen LogP contribution in [0.15, 0.2) is 186 Å². The summed E-state index contributed by atoms with van der Waals surface area (Å²) in [7, 11) is 0. The van der Waals surface area contributed by atoms with E-state index in [4.69, 9.17) is 4.42 Å². The maximum Gasteiger partial charge on any atom is 0.136 e. The predicted molar refractivity (Wildman–Crippen MR) is 208 cm³/mol. The summed E-state index contributed by atoms with van der Waals surface area (Å²) >= 11 is 0. The number of benzene rings is 9. The van der Waals surface area contributed by atoms with E-state index in [2.05, 4.69) is 182 Å². The highest BCUT2D eigenvalue weighted by atomic mass is 16.3. The number of furan rings is 1. The molecule has 0 atom stereocenters. The summed E-state index contributed by atoms with van der Waals surface area (Å²) < 4.78 is 6.58. The lowest BCUT2D eigenvalue weighted by Gasteiger charge is -2.19. The first-order valence-electron chi connectivity index (χ1n) is 16.8. The SMILES string of the molecule is c1ccc(-c2ccc(-c3c4ccccc4c(-c4cccc5oc6cc7ccccc7cc6c45)c4cc(-c5ccccc5)ccc34)cc2)cc1. The fourth-order valence-electron chi connectivity index (χ4n) is 7.77. The molecule has 0 amide bonds. The second kappa shape index (κ2) is 11.1. The average Bonchev–Trinajstić information content (AvgIpc) is 3.54. The molecule has 9 aromatic carbocycles. The lowest BCUT2D eigenvalue weighted by molar-refractivity contribution is 0.669. The summed E-state index contributed by atoms with van der Waals surface area (Å²) in [6.45, 7) is 0. The highest BCUT2D eigenvalue weighted by Crippen LogP contribution is 2.48. The van der Waals surface area contributed by atoms with Gasteiger partial charge in [0.15, 0.2) is 0 Å². The first kappa shape index (κ1) is 27.7. The van der Waals surface area contributed by atoms with Crippen molar-refractivity contribution >= 4 is 54.3 Å². The second-order valence-corrected chi connectivity index (χ2v) is 12.8. The number of rotatable bonds is 4. The average molecular weight is 623 g/mol. The Kier molecular flexibility index (Phi) is 6.25. The van der Waals surface area contributed by atoms with Crippen LogP contribution in [0.3, 0.4) is 0 Å². The third-order valence-corrected chi connectivity index (χ3v) is 10.0. The van der Waals surface area contributed by atoms with E-state index in [1.54, 1.807) is 0 Å². The van der Waals surface area contributed by atoms with E-state index in [0.29, 0.717) is 0 Å². The Morgan fingerprint density at radius 2 is 0.837 bits per heavy atom. The Hall–Kier alpha value is -6.44. The third kappa shape index (κ3) is 4.47. The van der Waals surface area contributed by atoms with Crippen molar-refractivity contribution in [2.45, 2.75) is 0 Å². The van der Waals surface area contributed by atoms with Crippen molar-refractivity contribution in [1.29, 1.82) is 0 Å². The quantitative estimate of drug-likeness (QED) is 0.178. The number of fused-ring (bicyclic) bond motifs is 6. The molecule has 0 unspecified atom stereocenters.